The number of likely N-dealkylation sites (tertiary alicyclic amines) is 1. The van der Waals surface area contributed by atoms with Gasteiger partial charge in [-0.1, -0.05) is 0 Å². The van der Waals surface area contributed by atoms with E-state index in [4.69, 9.17) is 4.42 Å². The highest BCUT2D eigenvalue weighted by Gasteiger charge is 2.16. The van der Waals surface area contributed by atoms with E-state index in [9.17, 15) is 9.59 Å². The number of carbonyl (C=O) groups is 1. The second-order valence-electron chi connectivity index (χ2n) is 7.23. The summed E-state index contributed by atoms with van der Waals surface area (Å²) in [5.74, 6) is 1.45. The molecule has 3 aromatic heterocycles. The Kier molecular flexibility index (Phi) is 5.32. The molecular formula is C20H24N4O3S. The van der Waals surface area contributed by atoms with Gasteiger partial charge in [0.2, 0.25) is 0 Å². The number of rotatable bonds is 6. The summed E-state index contributed by atoms with van der Waals surface area (Å²) in [5, 5.41) is 3.50. The Morgan fingerprint density at radius 1 is 1.32 bits per heavy atom. The van der Waals surface area contributed by atoms with Crippen molar-refractivity contribution in [2.75, 3.05) is 19.6 Å². The third-order valence-corrected chi connectivity index (χ3v) is 6.30. The lowest BCUT2D eigenvalue weighted by molar-refractivity contribution is 0.0923. The number of amides is 1. The highest BCUT2D eigenvalue weighted by molar-refractivity contribution is 7.18. The van der Waals surface area contributed by atoms with Gasteiger partial charge in [0.05, 0.1) is 11.9 Å². The van der Waals surface area contributed by atoms with Crippen LogP contribution in [-0.2, 0) is 13.0 Å². The fraction of sp³-hybridized carbons (Fsp3) is 0.450. The topological polar surface area (TPSA) is 91.2 Å². The lowest BCUT2D eigenvalue weighted by Gasteiger charge is -2.11. The maximum atomic E-state index is 12.3. The Hall–Kier alpha value is -2.45. The van der Waals surface area contributed by atoms with Gasteiger partial charge in [0.1, 0.15) is 16.4 Å². The van der Waals surface area contributed by atoms with Crippen molar-refractivity contribution in [3.63, 3.8) is 0 Å². The first-order chi connectivity index (χ1) is 13.5. The minimum absolute atomic E-state index is 0.120. The number of H-pyrrole nitrogens is 1. The second-order valence-corrected chi connectivity index (χ2v) is 8.43. The third kappa shape index (κ3) is 3.88. The van der Waals surface area contributed by atoms with E-state index >= 15 is 0 Å². The van der Waals surface area contributed by atoms with Crippen LogP contribution in [-0.4, -0.2) is 40.4 Å². The number of nitrogens with zero attached hydrogens (tertiary/aromatic N) is 2. The molecule has 4 rings (SSSR count). The average molecular weight is 401 g/mol. The molecule has 8 heteroatoms. The van der Waals surface area contributed by atoms with E-state index < -0.39 is 0 Å². The molecular weight excluding hydrogens is 376 g/mol. The molecule has 148 valence electrons. The minimum atomic E-state index is -0.251. The normalized spacial score (nSPS) is 14.8. The summed E-state index contributed by atoms with van der Waals surface area (Å²) in [6, 6.07) is 3.58. The quantitative estimate of drug-likeness (QED) is 0.664. The van der Waals surface area contributed by atoms with Crippen LogP contribution >= 0.6 is 11.3 Å². The number of aromatic nitrogens is 2. The fourth-order valence-corrected chi connectivity index (χ4v) is 4.59. The zero-order chi connectivity index (χ0) is 19.7. The molecule has 7 nitrogen and oxygen atoms in total. The number of aryl methyl sites for hydroxylation is 2. The molecule has 1 fully saturated rings. The van der Waals surface area contributed by atoms with Crippen LogP contribution in [0, 0.1) is 13.8 Å². The van der Waals surface area contributed by atoms with Crippen molar-refractivity contribution in [2.24, 2.45) is 0 Å². The van der Waals surface area contributed by atoms with E-state index in [1.165, 1.54) is 24.2 Å². The zero-order valence-electron chi connectivity index (χ0n) is 16.1. The molecule has 0 aromatic carbocycles. The Labute approximate surface area is 166 Å². The van der Waals surface area contributed by atoms with Gasteiger partial charge < -0.3 is 14.7 Å². The molecule has 0 spiro atoms. The van der Waals surface area contributed by atoms with Crippen molar-refractivity contribution < 1.29 is 9.21 Å². The van der Waals surface area contributed by atoms with Crippen molar-refractivity contribution in [3.05, 3.63) is 50.3 Å². The van der Waals surface area contributed by atoms with Crippen molar-refractivity contribution >= 4 is 27.5 Å². The zero-order valence-corrected chi connectivity index (χ0v) is 16.9. The van der Waals surface area contributed by atoms with Crippen LogP contribution < -0.4 is 10.9 Å². The molecule has 3 aromatic rings. The van der Waals surface area contributed by atoms with Crippen molar-refractivity contribution in [2.45, 2.75) is 39.7 Å². The van der Waals surface area contributed by atoms with Crippen LogP contribution in [0.4, 0.5) is 0 Å². The molecule has 0 unspecified atom stereocenters. The standard InChI is InChI=1S/C20H24N4O3S/c1-12-13(2)28-20-17(12)19(26)22-16(23-20)7-8-21-18(25)15-6-5-14(27-15)11-24-9-3-4-10-24/h5-6H,3-4,7-11H2,1-2H3,(H,21,25)(H,22,23,26). The number of furan rings is 1. The van der Waals surface area contributed by atoms with Gasteiger partial charge in [0.15, 0.2) is 5.76 Å². The first kappa shape index (κ1) is 18.9. The molecule has 0 atom stereocenters. The highest BCUT2D eigenvalue weighted by Crippen LogP contribution is 2.25. The largest absolute Gasteiger partial charge is 0.455 e. The average Bonchev–Trinajstić information content (AvgIpc) is 3.38. The molecule has 4 heterocycles. The van der Waals surface area contributed by atoms with Crippen molar-refractivity contribution in [3.8, 4) is 0 Å². The molecule has 1 aliphatic rings. The number of fused-ring (bicyclic) bond motifs is 1. The molecule has 1 amide bonds. The van der Waals surface area contributed by atoms with Gasteiger partial charge in [0, 0.05) is 17.8 Å². The van der Waals surface area contributed by atoms with Crippen LogP contribution in [0.1, 0.15) is 45.4 Å². The first-order valence-corrected chi connectivity index (χ1v) is 10.4. The van der Waals surface area contributed by atoms with E-state index in [2.05, 4.69) is 20.2 Å². The molecule has 0 saturated carbocycles. The van der Waals surface area contributed by atoms with Gasteiger partial charge in [-0.15, -0.1) is 11.3 Å². The maximum Gasteiger partial charge on any atom is 0.287 e. The van der Waals surface area contributed by atoms with Crippen LogP contribution in [0.15, 0.2) is 21.3 Å². The number of hydrogen-bond acceptors (Lipinski definition) is 6. The summed E-state index contributed by atoms with van der Waals surface area (Å²) in [5.41, 5.74) is 0.863. The lowest BCUT2D eigenvalue weighted by atomic mass is 10.2. The number of hydrogen-bond donors (Lipinski definition) is 2. The van der Waals surface area contributed by atoms with Gasteiger partial charge in [-0.05, 0) is 57.5 Å². The Morgan fingerprint density at radius 2 is 2.11 bits per heavy atom. The molecule has 28 heavy (non-hydrogen) atoms. The number of aromatic amines is 1. The molecule has 1 aliphatic heterocycles. The van der Waals surface area contributed by atoms with Gasteiger partial charge in [0.25, 0.3) is 11.5 Å². The summed E-state index contributed by atoms with van der Waals surface area (Å²) in [6.07, 6.45) is 2.90. The maximum absolute atomic E-state index is 12.3. The lowest BCUT2D eigenvalue weighted by Crippen LogP contribution is -2.26. The third-order valence-electron chi connectivity index (χ3n) is 5.20. The summed E-state index contributed by atoms with van der Waals surface area (Å²) >= 11 is 1.52. The molecule has 0 radical (unpaired) electrons. The van der Waals surface area contributed by atoms with Crippen LogP contribution in [0.2, 0.25) is 0 Å². The predicted molar refractivity (Wildman–Crippen MR) is 109 cm³/mol. The summed E-state index contributed by atoms with van der Waals surface area (Å²) in [4.78, 5) is 36.1. The molecule has 0 bridgehead atoms. The van der Waals surface area contributed by atoms with Crippen LogP contribution in [0.5, 0.6) is 0 Å². The first-order valence-electron chi connectivity index (χ1n) is 9.59. The van der Waals surface area contributed by atoms with Crippen LogP contribution in [0.3, 0.4) is 0 Å². The van der Waals surface area contributed by atoms with E-state index in [1.807, 2.05) is 19.9 Å². The summed E-state index contributed by atoms with van der Waals surface area (Å²) in [6.45, 7) is 7.22. The fourth-order valence-electron chi connectivity index (χ4n) is 3.55. The van der Waals surface area contributed by atoms with Crippen molar-refractivity contribution in [1.82, 2.24) is 20.2 Å². The van der Waals surface area contributed by atoms with Gasteiger partial charge >= 0.3 is 0 Å². The Balaban J connectivity index is 1.35. The van der Waals surface area contributed by atoms with Crippen molar-refractivity contribution in [1.29, 1.82) is 0 Å². The van der Waals surface area contributed by atoms with Gasteiger partial charge in [-0.3, -0.25) is 14.5 Å². The van der Waals surface area contributed by atoms with E-state index in [0.717, 1.165) is 40.7 Å². The Morgan fingerprint density at radius 3 is 2.89 bits per heavy atom. The number of thiophene rings is 1. The molecule has 0 aliphatic carbocycles. The van der Waals surface area contributed by atoms with Gasteiger partial charge in [-0.25, -0.2) is 4.98 Å². The predicted octanol–water partition coefficient (Wildman–Crippen LogP) is 2.76. The smallest absolute Gasteiger partial charge is 0.287 e. The second kappa shape index (κ2) is 7.89. The van der Waals surface area contributed by atoms with Gasteiger partial charge in [-0.2, -0.15) is 0 Å². The summed E-state index contributed by atoms with van der Waals surface area (Å²) in [7, 11) is 0. The monoisotopic (exact) mass is 400 g/mol. The highest BCUT2D eigenvalue weighted by atomic mass is 32.1. The number of nitrogens with one attached hydrogen (secondary N) is 2. The molecule has 2 N–H and O–H groups in total. The van der Waals surface area contributed by atoms with Crippen LogP contribution in [0.25, 0.3) is 10.2 Å². The Bertz CT molecular complexity index is 1060. The SMILES string of the molecule is Cc1sc2nc(CCNC(=O)c3ccc(CN4CCCC4)o3)[nH]c(=O)c2c1C. The van der Waals surface area contributed by atoms with E-state index in [0.29, 0.717) is 29.9 Å². The summed E-state index contributed by atoms with van der Waals surface area (Å²) < 4.78 is 5.68. The molecule has 1 saturated heterocycles. The minimum Gasteiger partial charge on any atom is -0.455 e. The van der Waals surface area contributed by atoms with E-state index in [-0.39, 0.29) is 11.5 Å². The number of carbonyl (C=O) groups excluding carboxylic acids is 1. The van der Waals surface area contributed by atoms with E-state index in [1.54, 1.807) is 6.07 Å².